The van der Waals surface area contributed by atoms with Crippen LogP contribution in [0.25, 0.3) is 0 Å². The molecule has 0 spiro atoms. The molecular formula is C13H21NO3. The Kier molecular flexibility index (Phi) is 3.86. The van der Waals surface area contributed by atoms with Gasteiger partial charge >= 0.3 is 0 Å². The first-order chi connectivity index (χ1) is 8.09. The molecule has 0 saturated carbocycles. The van der Waals surface area contributed by atoms with Gasteiger partial charge in [0.05, 0.1) is 11.6 Å². The van der Waals surface area contributed by atoms with Gasteiger partial charge in [0.15, 0.2) is 0 Å². The molecule has 4 nitrogen and oxygen atoms in total. The van der Waals surface area contributed by atoms with Gasteiger partial charge in [-0.3, -0.25) is 0 Å². The minimum Gasteiger partial charge on any atom is -0.465 e. The fourth-order valence-corrected chi connectivity index (χ4v) is 2.06. The summed E-state index contributed by atoms with van der Waals surface area (Å²) in [5.74, 6) is 1.83. The summed E-state index contributed by atoms with van der Waals surface area (Å²) in [7, 11) is 0. The van der Waals surface area contributed by atoms with E-state index >= 15 is 0 Å². The molecule has 4 heteroatoms. The second kappa shape index (κ2) is 5.21. The molecule has 1 saturated heterocycles. The smallest absolute Gasteiger partial charge is 0.120 e. The van der Waals surface area contributed by atoms with Gasteiger partial charge in [0.2, 0.25) is 0 Å². The summed E-state index contributed by atoms with van der Waals surface area (Å²) < 4.78 is 10.8. The summed E-state index contributed by atoms with van der Waals surface area (Å²) in [6.45, 7) is 5.85. The van der Waals surface area contributed by atoms with E-state index in [0.29, 0.717) is 32.6 Å². The number of nitrogens with one attached hydrogen (secondary N) is 1. The van der Waals surface area contributed by atoms with Gasteiger partial charge in [-0.1, -0.05) is 0 Å². The quantitative estimate of drug-likeness (QED) is 0.841. The van der Waals surface area contributed by atoms with Gasteiger partial charge in [-0.2, -0.15) is 0 Å². The Hall–Kier alpha value is -0.840. The molecule has 1 unspecified atom stereocenters. The van der Waals surface area contributed by atoms with Gasteiger partial charge in [0.1, 0.15) is 11.5 Å². The number of hydrogen-bond donors (Lipinski definition) is 2. The lowest BCUT2D eigenvalue weighted by molar-refractivity contribution is -0.0628. The van der Waals surface area contributed by atoms with E-state index in [1.54, 1.807) is 0 Å². The third-order valence-corrected chi connectivity index (χ3v) is 3.35. The largest absolute Gasteiger partial charge is 0.465 e. The molecule has 0 radical (unpaired) electrons. The highest BCUT2D eigenvalue weighted by Gasteiger charge is 2.30. The van der Waals surface area contributed by atoms with Crippen molar-refractivity contribution in [1.29, 1.82) is 0 Å². The Bertz CT molecular complexity index is 355. The van der Waals surface area contributed by atoms with Crippen molar-refractivity contribution in [3.63, 3.8) is 0 Å². The van der Waals surface area contributed by atoms with Crippen molar-refractivity contribution in [2.45, 2.75) is 38.3 Å². The van der Waals surface area contributed by atoms with Crippen LogP contribution in [0.2, 0.25) is 0 Å². The molecule has 0 aliphatic carbocycles. The Labute approximate surface area is 102 Å². The molecule has 1 aromatic heterocycles. The van der Waals surface area contributed by atoms with Crippen LogP contribution in [0.5, 0.6) is 0 Å². The van der Waals surface area contributed by atoms with Crippen LogP contribution in [0.4, 0.5) is 0 Å². The van der Waals surface area contributed by atoms with Gasteiger partial charge in [-0.05, 0) is 26.0 Å². The van der Waals surface area contributed by atoms with Gasteiger partial charge in [0.25, 0.3) is 0 Å². The molecule has 0 aromatic carbocycles. The maximum atomic E-state index is 10.3. The zero-order valence-electron chi connectivity index (χ0n) is 10.5. The van der Waals surface area contributed by atoms with Gasteiger partial charge in [0, 0.05) is 32.6 Å². The topological polar surface area (TPSA) is 54.6 Å². The predicted octanol–water partition coefficient (Wildman–Crippen LogP) is 1.78. The van der Waals surface area contributed by atoms with E-state index in [2.05, 4.69) is 5.32 Å². The van der Waals surface area contributed by atoms with E-state index in [4.69, 9.17) is 9.15 Å². The Balaban J connectivity index is 1.85. The SMILES string of the molecule is Cc1ccc(C(C)NCC2(O)CCOCC2)o1. The molecule has 0 amide bonds. The van der Waals surface area contributed by atoms with E-state index in [9.17, 15) is 5.11 Å². The van der Waals surface area contributed by atoms with Crippen molar-refractivity contribution >= 4 is 0 Å². The lowest BCUT2D eigenvalue weighted by atomic mass is 9.94. The van der Waals surface area contributed by atoms with Gasteiger partial charge in [-0.25, -0.2) is 0 Å². The van der Waals surface area contributed by atoms with Crippen LogP contribution >= 0.6 is 0 Å². The highest BCUT2D eigenvalue weighted by Crippen LogP contribution is 2.21. The molecule has 1 atom stereocenters. The fourth-order valence-electron chi connectivity index (χ4n) is 2.06. The molecule has 1 aliphatic heterocycles. The van der Waals surface area contributed by atoms with Crippen molar-refractivity contribution in [2.24, 2.45) is 0 Å². The number of ether oxygens (including phenoxy) is 1. The summed E-state index contributed by atoms with van der Waals surface area (Å²) in [5, 5.41) is 13.6. The van der Waals surface area contributed by atoms with Crippen LogP contribution in [0.1, 0.15) is 37.3 Å². The minimum atomic E-state index is -0.631. The molecule has 1 aliphatic rings. The van der Waals surface area contributed by atoms with Crippen LogP contribution in [-0.4, -0.2) is 30.5 Å². The molecule has 0 bridgehead atoms. The van der Waals surface area contributed by atoms with Crippen molar-refractivity contribution in [3.05, 3.63) is 23.7 Å². The monoisotopic (exact) mass is 239 g/mol. The Morgan fingerprint density at radius 2 is 2.12 bits per heavy atom. The van der Waals surface area contributed by atoms with Crippen LogP contribution in [0.15, 0.2) is 16.5 Å². The second-order valence-corrected chi connectivity index (χ2v) is 4.89. The van der Waals surface area contributed by atoms with Crippen molar-refractivity contribution in [3.8, 4) is 0 Å². The molecular weight excluding hydrogens is 218 g/mol. The lowest BCUT2D eigenvalue weighted by Gasteiger charge is -2.33. The summed E-state index contributed by atoms with van der Waals surface area (Å²) in [6.07, 6.45) is 1.40. The molecule has 17 heavy (non-hydrogen) atoms. The van der Waals surface area contributed by atoms with Crippen molar-refractivity contribution in [2.75, 3.05) is 19.8 Å². The first-order valence-electron chi connectivity index (χ1n) is 6.19. The van der Waals surface area contributed by atoms with E-state index in [0.717, 1.165) is 11.5 Å². The van der Waals surface area contributed by atoms with E-state index in [1.807, 2.05) is 26.0 Å². The number of furan rings is 1. The molecule has 96 valence electrons. The van der Waals surface area contributed by atoms with Crippen LogP contribution in [0, 0.1) is 6.92 Å². The molecule has 2 heterocycles. The normalized spacial score (nSPS) is 21.4. The number of aliphatic hydroxyl groups is 1. The first kappa shape index (κ1) is 12.6. The van der Waals surface area contributed by atoms with E-state index < -0.39 is 5.60 Å². The average molecular weight is 239 g/mol. The fraction of sp³-hybridized carbons (Fsp3) is 0.692. The van der Waals surface area contributed by atoms with Crippen LogP contribution < -0.4 is 5.32 Å². The van der Waals surface area contributed by atoms with Crippen molar-refractivity contribution < 1.29 is 14.3 Å². The molecule has 1 aromatic rings. The zero-order chi connectivity index (χ0) is 12.3. The third-order valence-electron chi connectivity index (χ3n) is 3.35. The number of hydrogen-bond acceptors (Lipinski definition) is 4. The Morgan fingerprint density at radius 3 is 2.71 bits per heavy atom. The molecule has 2 N–H and O–H groups in total. The molecule has 2 rings (SSSR count). The van der Waals surface area contributed by atoms with E-state index in [1.165, 1.54) is 0 Å². The second-order valence-electron chi connectivity index (χ2n) is 4.89. The summed E-state index contributed by atoms with van der Waals surface area (Å²) in [5.41, 5.74) is -0.631. The summed E-state index contributed by atoms with van der Waals surface area (Å²) in [4.78, 5) is 0. The van der Waals surface area contributed by atoms with Gasteiger partial charge in [-0.15, -0.1) is 0 Å². The minimum absolute atomic E-state index is 0.121. The standard InChI is InChI=1S/C13H21NO3/c1-10-3-4-12(17-10)11(2)14-9-13(15)5-7-16-8-6-13/h3-4,11,14-15H,5-9H2,1-2H3. The van der Waals surface area contributed by atoms with Crippen molar-refractivity contribution in [1.82, 2.24) is 5.32 Å². The average Bonchev–Trinajstić information content (AvgIpc) is 2.74. The van der Waals surface area contributed by atoms with Gasteiger partial charge < -0.3 is 19.6 Å². The Morgan fingerprint density at radius 1 is 1.41 bits per heavy atom. The highest BCUT2D eigenvalue weighted by atomic mass is 16.5. The number of rotatable bonds is 4. The maximum Gasteiger partial charge on any atom is 0.120 e. The summed E-state index contributed by atoms with van der Waals surface area (Å²) >= 11 is 0. The first-order valence-corrected chi connectivity index (χ1v) is 6.19. The lowest BCUT2D eigenvalue weighted by Crippen LogP contribution is -2.45. The van der Waals surface area contributed by atoms with E-state index in [-0.39, 0.29) is 6.04 Å². The maximum absolute atomic E-state index is 10.3. The predicted molar refractivity (Wildman–Crippen MR) is 64.9 cm³/mol. The number of aryl methyl sites for hydroxylation is 1. The van der Waals surface area contributed by atoms with Crippen LogP contribution in [0.3, 0.4) is 0 Å². The third kappa shape index (κ3) is 3.31. The van der Waals surface area contributed by atoms with Crippen LogP contribution in [-0.2, 0) is 4.74 Å². The zero-order valence-corrected chi connectivity index (χ0v) is 10.5. The summed E-state index contributed by atoms with van der Waals surface area (Å²) in [6, 6.07) is 4.05. The highest BCUT2D eigenvalue weighted by molar-refractivity contribution is 5.09. The molecule has 1 fully saturated rings.